The van der Waals surface area contributed by atoms with E-state index in [2.05, 4.69) is 30.2 Å². The number of rotatable bonds is 12. The first-order valence-electron chi connectivity index (χ1n) is 12.7. The second-order valence-corrected chi connectivity index (χ2v) is 9.02. The van der Waals surface area contributed by atoms with Crippen LogP contribution in [-0.4, -0.2) is 117 Å². The number of ether oxygens (including phenoxy) is 2. The molecule has 2 aromatic rings. The molecule has 0 amide bonds. The van der Waals surface area contributed by atoms with Gasteiger partial charge in [-0.2, -0.15) is 0 Å². The van der Waals surface area contributed by atoms with Crippen LogP contribution in [0.1, 0.15) is 6.42 Å². The number of hydrogen-bond donors (Lipinski definition) is 3. The normalized spacial score (nSPS) is 17.7. The maximum atomic E-state index is 10.2. The number of nitrogens with two attached hydrogens (primary N) is 1. The number of phenolic OH excluding ortho intramolecular Hbond substituents is 1. The van der Waals surface area contributed by atoms with Crippen LogP contribution in [0.5, 0.6) is 5.75 Å². The van der Waals surface area contributed by atoms with E-state index in [1.54, 1.807) is 12.1 Å². The summed E-state index contributed by atoms with van der Waals surface area (Å²) in [5.74, 6) is 0.594. The van der Waals surface area contributed by atoms with Gasteiger partial charge in [-0.25, -0.2) is 0 Å². The lowest BCUT2D eigenvalue weighted by molar-refractivity contribution is 0.0350. The summed E-state index contributed by atoms with van der Waals surface area (Å²) >= 11 is 0. The largest absolute Gasteiger partial charge is 0.507 e. The predicted octanol–water partition coefficient (Wildman–Crippen LogP) is 0.882. The highest BCUT2D eigenvalue weighted by molar-refractivity contribution is 5.74. The number of aromatic hydroxyl groups is 1. The molecule has 35 heavy (non-hydrogen) atoms. The molecule has 0 spiro atoms. The summed E-state index contributed by atoms with van der Waals surface area (Å²) < 4.78 is 11.5. The number of piperazine rings is 2. The highest BCUT2D eigenvalue weighted by atomic mass is 16.5. The number of aromatic nitrogens is 2. The van der Waals surface area contributed by atoms with Gasteiger partial charge in [0.2, 0.25) is 0 Å². The molecule has 2 aliphatic rings. The van der Waals surface area contributed by atoms with Crippen molar-refractivity contribution in [2.45, 2.75) is 6.42 Å². The fraction of sp³-hybridized carbons (Fsp3) is 0.600. The lowest BCUT2D eigenvalue weighted by Gasteiger charge is -2.36. The molecule has 10 nitrogen and oxygen atoms in total. The Labute approximate surface area is 208 Å². The first-order valence-corrected chi connectivity index (χ1v) is 12.7. The summed E-state index contributed by atoms with van der Waals surface area (Å²) in [6, 6.07) is 9.05. The summed E-state index contributed by atoms with van der Waals surface area (Å²) in [6.45, 7) is 12.9. The zero-order chi connectivity index (χ0) is 24.3. The Kier molecular flexibility index (Phi) is 9.91. The van der Waals surface area contributed by atoms with Gasteiger partial charge in [-0.15, -0.1) is 10.2 Å². The van der Waals surface area contributed by atoms with Crippen LogP contribution in [0.2, 0.25) is 0 Å². The molecular formula is C25H39N7O3. The molecule has 3 heterocycles. The molecular weight excluding hydrogens is 446 g/mol. The van der Waals surface area contributed by atoms with E-state index in [1.165, 1.54) is 0 Å². The van der Waals surface area contributed by atoms with Crippen molar-refractivity contribution in [3.05, 3.63) is 30.3 Å². The second kappa shape index (κ2) is 13.6. The number of para-hydroxylation sites is 1. The number of anilines is 2. The fourth-order valence-electron chi connectivity index (χ4n) is 4.52. The van der Waals surface area contributed by atoms with Crippen LogP contribution in [0.4, 0.5) is 11.5 Å². The van der Waals surface area contributed by atoms with Crippen LogP contribution in [0.15, 0.2) is 30.3 Å². The van der Waals surface area contributed by atoms with Crippen molar-refractivity contribution in [2.24, 2.45) is 0 Å². The quantitative estimate of drug-likeness (QED) is 0.375. The van der Waals surface area contributed by atoms with E-state index < -0.39 is 0 Å². The lowest BCUT2D eigenvalue weighted by atomic mass is 10.1. The minimum absolute atomic E-state index is 0.183. The molecule has 4 N–H and O–H groups in total. The summed E-state index contributed by atoms with van der Waals surface area (Å²) in [6.07, 6.45) is 1.08. The molecule has 1 aromatic carbocycles. The summed E-state index contributed by atoms with van der Waals surface area (Å²) in [4.78, 5) is 7.13. The van der Waals surface area contributed by atoms with E-state index in [0.717, 1.165) is 84.2 Å². The molecule has 0 saturated carbocycles. The zero-order valence-electron chi connectivity index (χ0n) is 20.6. The van der Waals surface area contributed by atoms with Gasteiger partial charge in [-0.05, 0) is 24.6 Å². The van der Waals surface area contributed by atoms with Gasteiger partial charge in [0, 0.05) is 77.6 Å². The van der Waals surface area contributed by atoms with Gasteiger partial charge < -0.3 is 35.4 Å². The Morgan fingerprint density at radius 2 is 1.57 bits per heavy atom. The SMILES string of the molecule is Nc1nnc(-c2ccccc2O)cc1N1CCN(CCOCCOCCCN2CCNCC2)CC1. The van der Waals surface area contributed by atoms with Crippen LogP contribution in [0.25, 0.3) is 11.3 Å². The smallest absolute Gasteiger partial charge is 0.169 e. The third-order valence-electron chi connectivity index (χ3n) is 6.59. The number of nitrogens with one attached hydrogen (secondary N) is 1. The monoisotopic (exact) mass is 485 g/mol. The molecule has 10 heteroatoms. The number of nitrogen functional groups attached to an aromatic ring is 1. The minimum Gasteiger partial charge on any atom is -0.507 e. The Hall–Kier alpha value is -2.50. The van der Waals surface area contributed by atoms with Crippen molar-refractivity contribution in [1.29, 1.82) is 0 Å². The average molecular weight is 486 g/mol. The summed E-state index contributed by atoms with van der Waals surface area (Å²) in [5, 5.41) is 21.8. The van der Waals surface area contributed by atoms with Crippen molar-refractivity contribution in [3.8, 4) is 17.0 Å². The molecule has 2 fully saturated rings. The van der Waals surface area contributed by atoms with E-state index in [4.69, 9.17) is 15.2 Å². The van der Waals surface area contributed by atoms with Crippen molar-refractivity contribution in [1.82, 2.24) is 25.3 Å². The first kappa shape index (κ1) is 25.6. The van der Waals surface area contributed by atoms with Gasteiger partial charge in [0.25, 0.3) is 0 Å². The van der Waals surface area contributed by atoms with E-state index in [9.17, 15) is 5.11 Å². The van der Waals surface area contributed by atoms with Crippen LogP contribution >= 0.6 is 0 Å². The molecule has 4 rings (SSSR count). The Morgan fingerprint density at radius 1 is 0.857 bits per heavy atom. The third-order valence-corrected chi connectivity index (χ3v) is 6.59. The molecule has 192 valence electrons. The lowest BCUT2D eigenvalue weighted by Crippen LogP contribution is -2.47. The number of nitrogens with zero attached hydrogens (tertiary/aromatic N) is 5. The molecule has 2 aliphatic heterocycles. The van der Waals surface area contributed by atoms with Gasteiger partial charge in [0.1, 0.15) is 5.75 Å². The van der Waals surface area contributed by atoms with E-state index in [0.29, 0.717) is 36.9 Å². The van der Waals surface area contributed by atoms with Crippen LogP contribution < -0.4 is 16.0 Å². The molecule has 1 aromatic heterocycles. The predicted molar refractivity (Wildman–Crippen MR) is 138 cm³/mol. The molecule has 2 saturated heterocycles. The molecule has 0 radical (unpaired) electrons. The van der Waals surface area contributed by atoms with Gasteiger partial charge in [0.05, 0.1) is 31.2 Å². The number of phenols is 1. The van der Waals surface area contributed by atoms with E-state index in [1.807, 2.05) is 18.2 Å². The molecule has 0 aliphatic carbocycles. The molecule has 0 bridgehead atoms. The van der Waals surface area contributed by atoms with Crippen LogP contribution in [-0.2, 0) is 9.47 Å². The summed E-state index contributed by atoms with van der Waals surface area (Å²) in [5.41, 5.74) is 8.27. The van der Waals surface area contributed by atoms with Crippen LogP contribution in [0, 0.1) is 0 Å². The Balaban J connectivity index is 1.09. The fourth-order valence-corrected chi connectivity index (χ4v) is 4.52. The van der Waals surface area contributed by atoms with E-state index >= 15 is 0 Å². The van der Waals surface area contributed by atoms with Gasteiger partial charge in [0.15, 0.2) is 5.82 Å². The maximum Gasteiger partial charge on any atom is 0.169 e. The van der Waals surface area contributed by atoms with Crippen molar-refractivity contribution in [3.63, 3.8) is 0 Å². The molecule has 0 atom stereocenters. The summed E-state index contributed by atoms with van der Waals surface area (Å²) in [7, 11) is 0. The highest BCUT2D eigenvalue weighted by Crippen LogP contribution is 2.31. The van der Waals surface area contributed by atoms with Crippen molar-refractivity contribution in [2.75, 3.05) is 103 Å². The third kappa shape index (κ3) is 7.74. The van der Waals surface area contributed by atoms with Gasteiger partial charge >= 0.3 is 0 Å². The van der Waals surface area contributed by atoms with Crippen molar-refractivity contribution >= 4 is 11.5 Å². The molecule has 0 unspecified atom stereocenters. The van der Waals surface area contributed by atoms with Gasteiger partial charge in [-0.1, -0.05) is 12.1 Å². The van der Waals surface area contributed by atoms with E-state index in [-0.39, 0.29) is 5.75 Å². The van der Waals surface area contributed by atoms with Crippen molar-refractivity contribution < 1.29 is 14.6 Å². The number of hydrogen-bond acceptors (Lipinski definition) is 10. The maximum absolute atomic E-state index is 10.2. The minimum atomic E-state index is 0.183. The van der Waals surface area contributed by atoms with Gasteiger partial charge in [-0.3, -0.25) is 4.90 Å². The average Bonchev–Trinajstić information content (AvgIpc) is 2.89. The Morgan fingerprint density at radius 3 is 2.34 bits per heavy atom. The van der Waals surface area contributed by atoms with Crippen LogP contribution in [0.3, 0.4) is 0 Å². The topological polar surface area (TPSA) is 112 Å². The second-order valence-electron chi connectivity index (χ2n) is 9.02. The Bertz CT molecular complexity index is 902. The standard InChI is InChI=1S/C25H39N7O3/c26-25-23(20-22(28-29-25)21-4-1-2-5-24(21)33)32-13-11-31(12-14-32)15-17-35-19-18-34-16-3-8-30-9-6-27-7-10-30/h1-2,4-5,20,27,33H,3,6-19H2,(H2,26,29). The number of benzene rings is 1. The zero-order valence-corrected chi connectivity index (χ0v) is 20.6. The highest BCUT2D eigenvalue weighted by Gasteiger charge is 2.20. The first-order chi connectivity index (χ1) is 17.2.